The van der Waals surface area contributed by atoms with Crippen molar-refractivity contribution in [1.29, 1.82) is 0 Å². The van der Waals surface area contributed by atoms with Gasteiger partial charge in [-0.1, -0.05) is 48.0 Å². The average molecular weight is 388 g/mol. The predicted octanol–water partition coefficient (Wildman–Crippen LogP) is 5.26. The van der Waals surface area contributed by atoms with E-state index in [4.69, 9.17) is 4.99 Å². The van der Waals surface area contributed by atoms with Crippen molar-refractivity contribution in [2.75, 3.05) is 0 Å². The highest BCUT2D eigenvalue weighted by Gasteiger charge is 2.11. The fraction of sp³-hybridized carbons (Fsp3) is 0.222. The molecule has 0 bridgehead atoms. The molecule has 0 N–H and O–H groups in total. The quantitative estimate of drug-likeness (QED) is 0.600. The van der Waals surface area contributed by atoms with Crippen LogP contribution in [0.2, 0.25) is 0 Å². The molecule has 0 radical (unpaired) electrons. The van der Waals surface area contributed by atoms with Crippen LogP contribution in [0.4, 0.5) is 5.69 Å². The maximum Gasteiger partial charge on any atom is 0.190 e. The van der Waals surface area contributed by atoms with Crippen molar-refractivity contribution in [2.45, 2.75) is 20.4 Å². The van der Waals surface area contributed by atoms with Crippen molar-refractivity contribution >= 4 is 33.0 Å². The molecular formula is C18H18BrN3S. The third-order valence-electron chi connectivity index (χ3n) is 3.37. The van der Waals surface area contributed by atoms with Gasteiger partial charge in [-0.05, 0) is 24.1 Å². The Morgan fingerprint density at radius 2 is 2.04 bits per heavy atom. The van der Waals surface area contributed by atoms with Crippen LogP contribution in [0.3, 0.4) is 0 Å². The van der Waals surface area contributed by atoms with Crippen LogP contribution < -0.4 is 4.80 Å². The molecule has 0 amide bonds. The number of benzene rings is 1. The van der Waals surface area contributed by atoms with Gasteiger partial charge in [-0.3, -0.25) is 4.98 Å². The van der Waals surface area contributed by atoms with Gasteiger partial charge in [-0.2, -0.15) is 0 Å². The summed E-state index contributed by atoms with van der Waals surface area (Å²) in [5, 5.41) is 2.18. The third kappa shape index (κ3) is 3.79. The second kappa shape index (κ2) is 7.23. The van der Waals surface area contributed by atoms with Crippen molar-refractivity contribution in [3.63, 3.8) is 0 Å². The first-order chi connectivity index (χ1) is 11.1. The lowest BCUT2D eigenvalue weighted by molar-refractivity contribution is 0.518. The maximum atomic E-state index is 4.77. The Morgan fingerprint density at radius 3 is 2.74 bits per heavy atom. The third-order valence-corrected chi connectivity index (χ3v) is 4.92. The van der Waals surface area contributed by atoms with Crippen molar-refractivity contribution in [3.05, 3.63) is 63.4 Å². The molecular weight excluding hydrogens is 370 g/mol. The lowest BCUT2D eigenvalue weighted by Crippen LogP contribution is -2.19. The van der Waals surface area contributed by atoms with Gasteiger partial charge in [0.05, 0.1) is 17.6 Å². The molecule has 5 heteroatoms. The molecule has 0 atom stereocenters. The molecule has 0 saturated heterocycles. The minimum Gasteiger partial charge on any atom is -0.316 e. The van der Waals surface area contributed by atoms with Crippen LogP contribution in [0.25, 0.3) is 11.3 Å². The zero-order chi connectivity index (χ0) is 16.2. The molecule has 0 aliphatic carbocycles. The molecule has 0 aliphatic rings. The van der Waals surface area contributed by atoms with E-state index in [0.717, 1.165) is 21.5 Å². The summed E-state index contributed by atoms with van der Waals surface area (Å²) in [6.45, 7) is 5.38. The second-order valence-electron chi connectivity index (χ2n) is 5.71. The lowest BCUT2D eigenvalue weighted by atomic mass is 10.1. The van der Waals surface area contributed by atoms with Crippen LogP contribution >= 0.6 is 27.3 Å². The van der Waals surface area contributed by atoms with Crippen molar-refractivity contribution in [3.8, 4) is 11.3 Å². The van der Waals surface area contributed by atoms with Crippen molar-refractivity contribution in [1.82, 2.24) is 9.55 Å². The number of hydrogen-bond donors (Lipinski definition) is 0. The largest absolute Gasteiger partial charge is 0.316 e. The van der Waals surface area contributed by atoms with Crippen molar-refractivity contribution in [2.24, 2.45) is 10.9 Å². The highest BCUT2D eigenvalue weighted by Crippen LogP contribution is 2.29. The van der Waals surface area contributed by atoms with E-state index in [1.54, 1.807) is 23.7 Å². The standard InChI is InChI=1S/C18H18BrN3S/c1-13(2)11-22-17(15-7-3-4-8-16(15)19)12-23-18(22)21-14-6-5-9-20-10-14/h3-10,12-13H,11H2,1-2H3. The van der Waals surface area contributed by atoms with E-state index >= 15 is 0 Å². The molecule has 0 aliphatic heterocycles. The Bertz CT molecular complexity index is 850. The molecule has 118 valence electrons. The fourth-order valence-electron chi connectivity index (χ4n) is 2.38. The first-order valence-electron chi connectivity index (χ1n) is 7.53. The molecule has 0 spiro atoms. The minimum absolute atomic E-state index is 0.540. The Morgan fingerprint density at radius 1 is 1.22 bits per heavy atom. The number of nitrogens with zero attached hydrogens (tertiary/aromatic N) is 3. The van der Waals surface area contributed by atoms with Gasteiger partial charge in [0.1, 0.15) is 0 Å². The summed E-state index contributed by atoms with van der Waals surface area (Å²) in [7, 11) is 0. The van der Waals surface area contributed by atoms with E-state index in [-0.39, 0.29) is 0 Å². The van der Waals surface area contributed by atoms with E-state index < -0.39 is 0 Å². The molecule has 3 aromatic rings. The average Bonchev–Trinajstić information content (AvgIpc) is 2.91. The van der Waals surface area contributed by atoms with E-state index in [1.807, 2.05) is 18.2 Å². The monoisotopic (exact) mass is 387 g/mol. The molecule has 0 saturated carbocycles. The van der Waals surface area contributed by atoms with Gasteiger partial charge in [0, 0.05) is 28.2 Å². The van der Waals surface area contributed by atoms with Crippen LogP contribution in [0.5, 0.6) is 0 Å². The summed E-state index contributed by atoms with van der Waals surface area (Å²) < 4.78 is 3.39. The van der Waals surface area contributed by atoms with Gasteiger partial charge >= 0.3 is 0 Å². The van der Waals surface area contributed by atoms with Crippen molar-refractivity contribution < 1.29 is 0 Å². The minimum atomic E-state index is 0.540. The summed E-state index contributed by atoms with van der Waals surface area (Å²) in [6.07, 6.45) is 3.56. The molecule has 1 aromatic carbocycles. The van der Waals surface area contributed by atoms with Gasteiger partial charge in [0.15, 0.2) is 4.80 Å². The summed E-state index contributed by atoms with van der Waals surface area (Å²) in [5.74, 6) is 0.540. The molecule has 2 heterocycles. The summed E-state index contributed by atoms with van der Waals surface area (Å²) in [5.41, 5.74) is 3.27. The molecule has 2 aromatic heterocycles. The highest BCUT2D eigenvalue weighted by atomic mass is 79.9. The van der Waals surface area contributed by atoms with E-state index in [1.165, 1.54) is 11.3 Å². The molecule has 0 fully saturated rings. The van der Waals surface area contributed by atoms with Crippen LogP contribution in [-0.2, 0) is 6.54 Å². The number of rotatable bonds is 4. The first kappa shape index (κ1) is 16.1. The fourth-order valence-corrected chi connectivity index (χ4v) is 3.79. The van der Waals surface area contributed by atoms with E-state index in [0.29, 0.717) is 5.92 Å². The number of aromatic nitrogens is 2. The van der Waals surface area contributed by atoms with E-state index in [9.17, 15) is 0 Å². The topological polar surface area (TPSA) is 30.2 Å². The summed E-state index contributed by atoms with van der Waals surface area (Å²) in [4.78, 5) is 9.92. The summed E-state index contributed by atoms with van der Waals surface area (Å²) in [6, 6.07) is 12.2. The van der Waals surface area contributed by atoms with Crippen LogP contribution in [0.15, 0.2) is 63.6 Å². The van der Waals surface area contributed by atoms with Crippen LogP contribution in [0, 0.1) is 5.92 Å². The molecule has 23 heavy (non-hydrogen) atoms. The van der Waals surface area contributed by atoms with Gasteiger partial charge in [0.25, 0.3) is 0 Å². The molecule has 3 nitrogen and oxygen atoms in total. The van der Waals surface area contributed by atoms with Gasteiger partial charge in [-0.15, -0.1) is 11.3 Å². The van der Waals surface area contributed by atoms with Crippen LogP contribution in [0.1, 0.15) is 13.8 Å². The normalized spacial score (nSPS) is 12.1. The lowest BCUT2D eigenvalue weighted by Gasteiger charge is -2.12. The Kier molecular flexibility index (Phi) is 5.08. The smallest absolute Gasteiger partial charge is 0.190 e. The zero-order valence-corrected chi connectivity index (χ0v) is 15.5. The highest BCUT2D eigenvalue weighted by molar-refractivity contribution is 9.10. The van der Waals surface area contributed by atoms with E-state index in [2.05, 4.69) is 62.9 Å². The maximum absolute atomic E-state index is 4.77. The second-order valence-corrected chi connectivity index (χ2v) is 7.40. The van der Waals surface area contributed by atoms with Gasteiger partial charge < -0.3 is 4.57 Å². The SMILES string of the molecule is CC(C)Cn1c(-c2ccccc2Br)csc1=Nc1cccnc1. The Labute approximate surface area is 148 Å². The number of halogens is 1. The first-order valence-corrected chi connectivity index (χ1v) is 9.20. The van der Waals surface area contributed by atoms with Gasteiger partial charge in [0.2, 0.25) is 0 Å². The Balaban J connectivity index is 2.16. The Hall–Kier alpha value is -1.72. The molecule has 0 unspecified atom stereocenters. The van der Waals surface area contributed by atoms with Crippen LogP contribution in [-0.4, -0.2) is 9.55 Å². The summed E-state index contributed by atoms with van der Waals surface area (Å²) >= 11 is 5.32. The number of hydrogen-bond acceptors (Lipinski definition) is 3. The van der Waals surface area contributed by atoms with Gasteiger partial charge in [-0.25, -0.2) is 4.99 Å². The number of thiazole rings is 1. The predicted molar refractivity (Wildman–Crippen MR) is 99.7 cm³/mol. The molecule has 3 rings (SSSR count). The number of pyridine rings is 1. The zero-order valence-electron chi connectivity index (χ0n) is 13.1.